The summed E-state index contributed by atoms with van der Waals surface area (Å²) in [5, 5.41) is 3.06. The number of anilines is 1. The van der Waals surface area contributed by atoms with Gasteiger partial charge in [-0.2, -0.15) is 0 Å². The first-order valence-corrected chi connectivity index (χ1v) is 7.10. The number of halogens is 1. The molecular formula is C16H25FN2. The second kappa shape index (κ2) is 5.49. The van der Waals surface area contributed by atoms with Crippen LogP contribution in [0, 0.1) is 17.2 Å². The van der Waals surface area contributed by atoms with Crippen LogP contribution in [0.4, 0.5) is 10.1 Å². The SMILES string of the molecule is CNCc1c(F)cccc1N1CCC(C(C)(C)C)C1. The maximum atomic E-state index is 14.0. The highest BCUT2D eigenvalue weighted by Crippen LogP contribution is 2.36. The zero-order valence-electron chi connectivity index (χ0n) is 12.5. The van der Waals surface area contributed by atoms with E-state index in [1.54, 1.807) is 6.07 Å². The Morgan fingerprint density at radius 3 is 2.68 bits per heavy atom. The Morgan fingerprint density at radius 2 is 2.11 bits per heavy atom. The number of benzene rings is 1. The molecule has 1 N–H and O–H groups in total. The van der Waals surface area contributed by atoms with Crippen LogP contribution < -0.4 is 10.2 Å². The molecule has 0 saturated carbocycles. The minimum absolute atomic E-state index is 0.106. The maximum absolute atomic E-state index is 14.0. The van der Waals surface area contributed by atoms with Crippen molar-refractivity contribution in [2.75, 3.05) is 25.0 Å². The molecule has 1 unspecified atom stereocenters. The molecule has 0 aliphatic carbocycles. The Labute approximate surface area is 116 Å². The lowest BCUT2D eigenvalue weighted by Crippen LogP contribution is -2.27. The van der Waals surface area contributed by atoms with E-state index in [0.29, 0.717) is 17.9 Å². The van der Waals surface area contributed by atoms with Gasteiger partial charge in [-0.3, -0.25) is 0 Å². The predicted molar refractivity (Wildman–Crippen MR) is 78.9 cm³/mol. The Morgan fingerprint density at radius 1 is 1.37 bits per heavy atom. The second-order valence-electron chi connectivity index (χ2n) is 6.57. The van der Waals surface area contributed by atoms with Crippen molar-refractivity contribution in [3.63, 3.8) is 0 Å². The molecule has 1 atom stereocenters. The summed E-state index contributed by atoms with van der Waals surface area (Å²) in [7, 11) is 1.86. The molecular weight excluding hydrogens is 239 g/mol. The molecule has 0 aromatic heterocycles. The van der Waals surface area contributed by atoms with Crippen molar-refractivity contribution < 1.29 is 4.39 Å². The zero-order valence-corrected chi connectivity index (χ0v) is 12.5. The van der Waals surface area contributed by atoms with Crippen LogP contribution in [0.3, 0.4) is 0 Å². The van der Waals surface area contributed by atoms with E-state index >= 15 is 0 Å². The second-order valence-corrected chi connectivity index (χ2v) is 6.57. The Hall–Kier alpha value is -1.09. The molecule has 3 heteroatoms. The molecule has 1 aromatic carbocycles. The lowest BCUT2D eigenvalue weighted by Gasteiger charge is -2.28. The fourth-order valence-corrected chi connectivity index (χ4v) is 2.88. The van der Waals surface area contributed by atoms with E-state index in [0.717, 1.165) is 24.3 Å². The molecule has 0 spiro atoms. The third-order valence-electron chi connectivity index (χ3n) is 4.20. The molecule has 0 amide bonds. The quantitative estimate of drug-likeness (QED) is 0.900. The van der Waals surface area contributed by atoms with Crippen molar-refractivity contribution in [1.82, 2.24) is 5.32 Å². The predicted octanol–water partition coefficient (Wildman–Crippen LogP) is 3.42. The average molecular weight is 264 g/mol. The molecule has 2 rings (SSSR count). The summed E-state index contributed by atoms with van der Waals surface area (Å²) in [6, 6.07) is 5.41. The fraction of sp³-hybridized carbons (Fsp3) is 0.625. The number of hydrogen-bond acceptors (Lipinski definition) is 2. The van der Waals surface area contributed by atoms with Crippen LogP contribution in [0.5, 0.6) is 0 Å². The number of hydrogen-bond donors (Lipinski definition) is 1. The maximum Gasteiger partial charge on any atom is 0.129 e. The van der Waals surface area contributed by atoms with E-state index < -0.39 is 0 Å². The topological polar surface area (TPSA) is 15.3 Å². The molecule has 1 aliphatic rings. The molecule has 0 radical (unpaired) electrons. The van der Waals surface area contributed by atoms with Gasteiger partial charge in [-0.05, 0) is 36.9 Å². The zero-order chi connectivity index (χ0) is 14.0. The molecule has 19 heavy (non-hydrogen) atoms. The molecule has 0 bridgehead atoms. The van der Waals surface area contributed by atoms with Crippen molar-refractivity contribution in [3.05, 3.63) is 29.6 Å². The molecule has 1 fully saturated rings. The summed E-state index contributed by atoms with van der Waals surface area (Å²) < 4.78 is 14.0. The van der Waals surface area contributed by atoms with Gasteiger partial charge in [-0.1, -0.05) is 26.8 Å². The number of nitrogens with zero attached hydrogens (tertiary/aromatic N) is 1. The van der Waals surface area contributed by atoms with Crippen LogP contribution in [0.15, 0.2) is 18.2 Å². The van der Waals surface area contributed by atoms with Gasteiger partial charge in [-0.15, -0.1) is 0 Å². The standard InChI is InChI=1S/C16H25FN2/c1-16(2,3)12-8-9-19(11-12)15-7-5-6-14(17)13(15)10-18-4/h5-7,12,18H,8-11H2,1-4H3. The van der Waals surface area contributed by atoms with Crippen molar-refractivity contribution in [2.45, 2.75) is 33.7 Å². The highest BCUT2D eigenvalue weighted by Gasteiger charge is 2.32. The van der Waals surface area contributed by atoms with Gasteiger partial charge in [0.25, 0.3) is 0 Å². The van der Waals surface area contributed by atoms with Crippen LogP contribution >= 0.6 is 0 Å². The van der Waals surface area contributed by atoms with Gasteiger partial charge in [0.05, 0.1) is 0 Å². The van der Waals surface area contributed by atoms with E-state index in [2.05, 4.69) is 31.0 Å². The van der Waals surface area contributed by atoms with E-state index in [1.165, 1.54) is 6.42 Å². The number of rotatable bonds is 3. The van der Waals surface area contributed by atoms with Crippen LogP contribution in [0.1, 0.15) is 32.8 Å². The van der Waals surface area contributed by atoms with Gasteiger partial charge < -0.3 is 10.2 Å². The molecule has 1 heterocycles. The number of nitrogens with one attached hydrogen (secondary N) is 1. The molecule has 106 valence electrons. The molecule has 1 aliphatic heterocycles. The van der Waals surface area contributed by atoms with Gasteiger partial charge in [0.1, 0.15) is 5.82 Å². The first kappa shape index (κ1) is 14.3. The summed E-state index contributed by atoms with van der Waals surface area (Å²) in [5.41, 5.74) is 2.17. The minimum atomic E-state index is -0.106. The van der Waals surface area contributed by atoms with Crippen molar-refractivity contribution in [1.29, 1.82) is 0 Å². The summed E-state index contributed by atoms with van der Waals surface area (Å²) in [5.74, 6) is 0.573. The average Bonchev–Trinajstić information content (AvgIpc) is 2.81. The van der Waals surface area contributed by atoms with Gasteiger partial charge in [0, 0.05) is 30.9 Å². The largest absolute Gasteiger partial charge is 0.371 e. The van der Waals surface area contributed by atoms with E-state index in [4.69, 9.17) is 0 Å². The highest BCUT2D eigenvalue weighted by atomic mass is 19.1. The van der Waals surface area contributed by atoms with Gasteiger partial charge in [0.2, 0.25) is 0 Å². The monoisotopic (exact) mass is 264 g/mol. The van der Waals surface area contributed by atoms with Crippen LogP contribution in [0.2, 0.25) is 0 Å². The fourth-order valence-electron chi connectivity index (χ4n) is 2.88. The summed E-state index contributed by atoms with van der Waals surface area (Å²) in [6.07, 6.45) is 1.19. The van der Waals surface area contributed by atoms with Crippen molar-refractivity contribution in [2.24, 2.45) is 11.3 Å². The lowest BCUT2D eigenvalue weighted by atomic mass is 9.80. The first-order valence-electron chi connectivity index (χ1n) is 7.10. The lowest BCUT2D eigenvalue weighted by molar-refractivity contribution is 0.263. The molecule has 2 nitrogen and oxygen atoms in total. The van der Waals surface area contributed by atoms with Crippen LogP contribution in [-0.4, -0.2) is 20.1 Å². The Bertz CT molecular complexity index is 437. The van der Waals surface area contributed by atoms with Crippen molar-refractivity contribution >= 4 is 5.69 Å². The highest BCUT2D eigenvalue weighted by molar-refractivity contribution is 5.55. The van der Waals surface area contributed by atoms with E-state index in [9.17, 15) is 4.39 Å². The van der Waals surface area contributed by atoms with Gasteiger partial charge >= 0.3 is 0 Å². The molecule has 1 aromatic rings. The van der Waals surface area contributed by atoms with Gasteiger partial charge in [-0.25, -0.2) is 4.39 Å². The van der Waals surface area contributed by atoms with E-state index in [-0.39, 0.29) is 5.82 Å². The normalized spacial score (nSPS) is 20.1. The van der Waals surface area contributed by atoms with Crippen LogP contribution in [-0.2, 0) is 6.54 Å². The van der Waals surface area contributed by atoms with Crippen molar-refractivity contribution in [3.8, 4) is 0 Å². The Balaban J connectivity index is 2.22. The van der Waals surface area contributed by atoms with E-state index in [1.807, 2.05) is 19.2 Å². The van der Waals surface area contributed by atoms with Gasteiger partial charge in [0.15, 0.2) is 0 Å². The minimum Gasteiger partial charge on any atom is -0.371 e. The van der Waals surface area contributed by atoms with Crippen LogP contribution in [0.25, 0.3) is 0 Å². The summed E-state index contributed by atoms with van der Waals surface area (Å²) in [4.78, 5) is 2.34. The molecule has 1 saturated heterocycles. The smallest absolute Gasteiger partial charge is 0.129 e. The summed E-state index contributed by atoms with van der Waals surface area (Å²) in [6.45, 7) is 9.52. The third kappa shape index (κ3) is 3.08. The Kier molecular flexibility index (Phi) is 4.14. The first-order chi connectivity index (χ1) is 8.93. The summed E-state index contributed by atoms with van der Waals surface area (Å²) >= 11 is 0. The third-order valence-corrected chi connectivity index (χ3v) is 4.20.